The second-order valence-corrected chi connectivity index (χ2v) is 10.5. The first-order chi connectivity index (χ1) is 18.9. The van der Waals surface area contributed by atoms with E-state index in [0.29, 0.717) is 32.5 Å². The summed E-state index contributed by atoms with van der Waals surface area (Å²) < 4.78 is 17.9. The molecule has 2 heterocycles. The molecule has 2 fully saturated rings. The van der Waals surface area contributed by atoms with Crippen LogP contribution in [-0.4, -0.2) is 59.2 Å². The van der Waals surface area contributed by atoms with Crippen LogP contribution in [0.4, 0.5) is 4.79 Å². The van der Waals surface area contributed by atoms with Gasteiger partial charge in [0.25, 0.3) is 0 Å². The molecule has 3 aromatic rings. The van der Waals surface area contributed by atoms with Gasteiger partial charge in [0.2, 0.25) is 0 Å². The molecule has 3 unspecified atom stereocenters. The zero-order chi connectivity index (χ0) is 27.3. The van der Waals surface area contributed by atoms with Crippen molar-refractivity contribution in [2.45, 2.75) is 56.7 Å². The Balaban J connectivity index is 1.39. The lowest BCUT2D eigenvalue weighted by molar-refractivity contribution is -0.218. The van der Waals surface area contributed by atoms with E-state index in [-0.39, 0.29) is 31.3 Å². The number of fused-ring (bicyclic) bond motifs is 2. The zero-order valence-corrected chi connectivity index (χ0v) is 22.6. The van der Waals surface area contributed by atoms with Crippen LogP contribution in [0.5, 0.6) is 0 Å². The molecule has 1 amide bonds. The van der Waals surface area contributed by atoms with E-state index in [2.05, 4.69) is 4.90 Å². The molecule has 5 rings (SSSR count). The monoisotopic (exact) mass is 528 g/mol. The minimum Gasteiger partial charge on any atom is -0.459 e. The van der Waals surface area contributed by atoms with Crippen LogP contribution in [0.15, 0.2) is 91.0 Å². The number of ether oxygens (including phenoxy) is 3. The summed E-state index contributed by atoms with van der Waals surface area (Å²) in [5.41, 5.74) is 1.07. The second kappa shape index (κ2) is 11.6. The highest BCUT2D eigenvalue weighted by Crippen LogP contribution is 2.47. The predicted molar refractivity (Wildman–Crippen MR) is 148 cm³/mol. The molecule has 0 aliphatic carbocycles. The number of carbonyl (C=O) groups excluding carboxylic acids is 2. The largest absolute Gasteiger partial charge is 0.459 e. The predicted octanol–water partition coefficient (Wildman–Crippen LogP) is 5.19. The quantitative estimate of drug-likeness (QED) is 0.375. The van der Waals surface area contributed by atoms with Gasteiger partial charge in [-0.15, -0.1) is 0 Å². The van der Waals surface area contributed by atoms with Crippen LogP contribution < -0.4 is 0 Å². The van der Waals surface area contributed by atoms with Crippen LogP contribution in [-0.2, 0) is 38.8 Å². The topological polar surface area (TPSA) is 68.3 Å². The summed E-state index contributed by atoms with van der Waals surface area (Å²) >= 11 is 0. The van der Waals surface area contributed by atoms with Gasteiger partial charge in [0, 0.05) is 33.2 Å². The zero-order valence-electron chi connectivity index (χ0n) is 22.6. The summed E-state index contributed by atoms with van der Waals surface area (Å²) in [6.07, 6.45) is 0.665. The molecular formula is C32H36N2O5. The Morgan fingerprint density at radius 2 is 1.36 bits per heavy atom. The van der Waals surface area contributed by atoms with E-state index in [9.17, 15) is 9.59 Å². The summed E-state index contributed by atoms with van der Waals surface area (Å²) in [7, 11) is 1.66. The maximum Gasteiger partial charge on any atom is 0.410 e. The maximum atomic E-state index is 14.0. The molecule has 0 N–H and O–H groups in total. The third kappa shape index (κ3) is 5.42. The summed E-state index contributed by atoms with van der Waals surface area (Å²) in [4.78, 5) is 31.1. The molecule has 3 aromatic carbocycles. The lowest BCUT2D eigenvalue weighted by atomic mass is 9.67. The average Bonchev–Trinajstić information content (AvgIpc) is 2.99. The van der Waals surface area contributed by atoms with E-state index in [1.54, 1.807) is 12.0 Å². The standard InChI is InChI=1S/C32H36N2O5/c1-31(29(35)38-23-26-14-8-4-9-15-26)32(37-2)18-19-34(30(36)39-24-27-16-10-5-11-17-27)28(20-32)22-33(31)21-25-12-6-3-7-13-25/h3-17,28H,18-24H2,1-2H3. The van der Waals surface area contributed by atoms with Gasteiger partial charge in [-0.3, -0.25) is 4.90 Å². The number of methoxy groups -OCH3 is 1. The van der Waals surface area contributed by atoms with Gasteiger partial charge in [-0.1, -0.05) is 91.0 Å². The molecule has 2 aliphatic heterocycles. The molecule has 7 nitrogen and oxygen atoms in total. The molecule has 0 aromatic heterocycles. The first-order valence-electron chi connectivity index (χ1n) is 13.5. The van der Waals surface area contributed by atoms with Crippen molar-refractivity contribution in [3.63, 3.8) is 0 Å². The molecule has 2 saturated heterocycles. The molecule has 3 atom stereocenters. The number of piperidine rings is 2. The number of carbonyl (C=O) groups is 2. The molecular weight excluding hydrogens is 492 g/mol. The summed E-state index contributed by atoms with van der Waals surface area (Å²) in [6, 6.07) is 29.2. The van der Waals surface area contributed by atoms with Crippen molar-refractivity contribution < 1.29 is 23.8 Å². The number of amides is 1. The van der Waals surface area contributed by atoms with Crippen molar-refractivity contribution in [2.24, 2.45) is 0 Å². The Labute approximate surface area is 230 Å². The van der Waals surface area contributed by atoms with Crippen LogP contribution >= 0.6 is 0 Å². The third-order valence-corrected chi connectivity index (χ3v) is 8.37. The molecule has 0 saturated carbocycles. The van der Waals surface area contributed by atoms with Crippen LogP contribution in [0.25, 0.3) is 0 Å². The van der Waals surface area contributed by atoms with Gasteiger partial charge in [0.05, 0.1) is 6.04 Å². The normalized spacial score (nSPS) is 24.7. The Kier molecular flexibility index (Phi) is 8.00. The fourth-order valence-corrected chi connectivity index (χ4v) is 6.04. The van der Waals surface area contributed by atoms with Crippen molar-refractivity contribution >= 4 is 12.1 Å². The van der Waals surface area contributed by atoms with E-state index in [1.807, 2.05) is 97.9 Å². The van der Waals surface area contributed by atoms with Gasteiger partial charge < -0.3 is 19.1 Å². The fourth-order valence-electron chi connectivity index (χ4n) is 6.04. The van der Waals surface area contributed by atoms with Crippen LogP contribution in [0.1, 0.15) is 36.5 Å². The lowest BCUT2D eigenvalue weighted by Crippen LogP contribution is -2.77. The first kappa shape index (κ1) is 26.9. The van der Waals surface area contributed by atoms with Gasteiger partial charge in [-0.05, 0) is 30.0 Å². The highest BCUT2D eigenvalue weighted by molar-refractivity contribution is 5.83. The van der Waals surface area contributed by atoms with Crippen LogP contribution in [0.3, 0.4) is 0 Å². The summed E-state index contributed by atoms with van der Waals surface area (Å²) in [6.45, 7) is 3.80. The van der Waals surface area contributed by atoms with E-state index < -0.39 is 11.1 Å². The minimum atomic E-state index is -1.05. The highest BCUT2D eigenvalue weighted by atomic mass is 16.6. The molecule has 0 spiro atoms. The highest BCUT2D eigenvalue weighted by Gasteiger charge is 2.64. The Morgan fingerprint density at radius 3 is 1.92 bits per heavy atom. The van der Waals surface area contributed by atoms with E-state index in [4.69, 9.17) is 14.2 Å². The summed E-state index contributed by atoms with van der Waals surface area (Å²) in [5, 5.41) is 0. The van der Waals surface area contributed by atoms with Crippen LogP contribution in [0.2, 0.25) is 0 Å². The SMILES string of the molecule is COC12CCN(C(=O)OCc3ccccc3)C(CN(Cc3ccccc3)C1(C)C(=O)OCc1ccccc1)C2. The number of esters is 1. The van der Waals surface area contributed by atoms with Crippen molar-refractivity contribution in [3.8, 4) is 0 Å². The summed E-state index contributed by atoms with van der Waals surface area (Å²) in [5.74, 6) is -0.317. The Hall–Kier alpha value is -3.68. The molecule has 39 heavy (non-hydrogen) atoms. The second-order valence-electron chi connectivity index (χ2n) is 10.5. The van der Waals surface area contributed by atoms with Gasteiger partial charge in [-0.2, -0.15) is 0 Å². The number of hydrogen-bond acceptors (Lipinski definition) is 6. The number of hydrogen-bond donors (Lipinski definition) is 0. The molecule has 7 heteroatoms. The fraction of sp³-hybridized carbons (Fsp3) is 0.375. The average molecular weight is 529 g/mol. The number of nitrogens with zero attached hydrogens (tertiary/aromatic N) is 2. The molecule has 2 bridgehead atoms. The number of likely N-dealkylation sites (tertiary alicyclic amines) is 2. The van der Waals surface area contributed by atoms with Gasteiger partial charge in [0.1, 0.15) is 24.4 Å². The van der Waals surface area contributed by atoms with Crippen molar-refractivity contribution in [3.05, 3.63) is 108 Å². The van der Waals surface area contributed by atoms with E-state index in [0.717, 1.165) is 16.7 Å². The van der Waals surface area contributed by atoms with Gasteiger partial charge >= 0.3 is 12.1 Å². The third-order valence-electron chi connectivity index (χ3n) is 8.37. The Bertz CT molecular complexity index is 1260. The number of rotatable bonds is 8. The number of benzene rings is 3. The minimum absolute atomic E-state index is 0.166. The first-order valence-corrected chi connectivity index (χ1v) is 13.5. The molecule has 0 radical (unpaired) electrons. The Morgan fingerprint density at radius 1 is 0.821 bits per heavy atom. The van der Waals surface area contributed by atoms with E-state index >= 15 is 0 Å². The van der Waals surface area contributed by atoms with Gasteiger partial charge in [0.15, 0.2) is 0 Å². The van der Waals surface area contributed by atoms with Crippen LogP contribution in [0, 0.1) is 0 Å². The van der Waals surface area contributed by atoms with Crippen molar-refractivity contribution in [1.82, 2.24) is 9.80 Å². The molecule has 204 valence electrons. The van der Waals surface area contributed by atoms with E-state index in [1.165, 1.54) is 0 Å². The van der Waals surface area contributed by atoms with Crippen molar-refractivity contribution in [1.29, 1.82) is 0 Å². The van der Waals surface area contributed by atoms with Gasteiger partial charge in [-0.25, -0.2) is 9.59 Å². The smallest absolute Gasteiger partial charge is 0.410 e. The van der Waals surface area contributed by atoms with Crippen molar-refractivity contribution in [2.75, 3.05) is 20.2 Å². The maximum absolute atomic E-state index is 14.0. The molecule has 2 aliphatic rings. The lowest BCUT2D eigenvalue weighted by Gasteiger charge is -2.61.